The van der Waals surface area contributed by atoms with Crippen LogP contribution in [0.15, 0.2) is 94.1 Å². The van der Waals surface area contributed by atoms with Crippen LogP contribution in [0.25, 0.3) is 0 Å². The number of H-pyrrole nitrogens is 1. The Balaban J connectivity index is 1.62. The minimum atomic E-state index is -2.37. The molecule has 6 atom stereocenters. The zero-order valence-corrected chi connectivity index (χ0v) is 20.1. The van der Waals surface area contributed by atoms with Gasteiger partial charge < -0.3 is 40.7 Å². The number of aliphatic hydroxyl groups excluding tert-OH is 7. The predicted molar refractivity (Wildman–Crippen MR) is 136 cm³/mol. The molecule has 0 aromatic carbocycles. The molecule has 204 valence electrons. The van der Waals surface area contributed by atoms with Crippen molar-refractivity contribution in [3.8, 4) is 0 Å². The number of rotatable bonds is 0. The van der Waals surface area contributed by atoms with Crippen molar-refractivity contribution in [3.05, 3.63) is 70.1 Å². The lowest BCUT2D eigenvalue weighted by molar-refractivity contribution is -0.160. The quantitative estimate of drug-likeness (QED) is 0.159. The van der Waals surface area contributed by atoms with Gasteiger partial charge in [-0.05, 0) is 36.4 Å². The molecule has 5 aliphatic rings. The Labute approximate surface area is 222 Å². The van der Waals surface area contributed by atoms with Crippen LogP contribution in [0.3, 0.4) is 0 Å². The van der Waals surface area contributed by atoms with Gasteiger partial charge in [-0.15, -0.1) is 0 Å². The van der Waals surface area contributed by atoms with Crippen molar-refractivity contribution in [1.29, 1.82) is 0 Å². The van der Waals surface area contributed by atoms with E-state index in [9.17, 15) is 40.5 Å². The van der Waals surface area contributed by atoms with Crippen molar-refractivity contribution < 1.29 is 40.5 Å². The molecule has 0 saturated heterocycles. The summed E-state index contributed by atoms with van der Waals surface area (Å²) >= 11 is 0. The number of aliphatic imine (C=N–C) groups is 5. The summed E-state index contributed by atoms with van der Waals surface area (Å²) in [5, 5.41) is 73.6. The lowest BCUT2D eigenvalue weighted by Gasteiger charge is -2.32. The summed E-state index contributed by atoms with van der Waals surface area (Å²) in [6, 6.07) is 3.34. The summed E-state index contributed by atoms with van der Waals surface area (Å²) in [7, 11) is 0. The molecule has 1 aromatic rings. The van der Waals surface area contributed by atoms with E-state index in [-0.39, 0.29) is 23.3 Å². The first kappa shape index (κ1) is 25.7. The number of hydrogen-bond acceptors (Lipinski definition) is 15. The van der Waals surface area contributed by atoms with Gasteiger partial charge in [0.15, 0.2) is 40.8 Å². The smallest absolute Gasteiger partial charge is 0.198 e. The van der Waals surface area contributed by atoms with Crippen molar-refractivity contribution in [2.45, 2.75) is 36.6 Å². The highest BCUT2D eigenvalue weighted by atomic mass is 16.4. The van der Waals surface area contributed by atoms with Gasteiger partial charge >= 0.3 is 0 Å². The number of fused-ring (bicyclic) bond motifs is 7. The summed E-state index contributed by atoms with van der Waals surface area (Å²) in [6.45, 7) is 0. The lowest BCUT2D eigenvalue weighted by atomic mass is 9.86. The van der Waals surface area contributed by atoms with E-state index >= 15 is 0 Å². The predicted octanol–water partition coefficient (Wildman–Crippen LogP) is -3.81. The van der Waals surface area contributed by atoms with Gasteiger partial charge in [0.2, 0.25) is 0 Å². The van der Waals surface area contributed by atoms with Crippen LogP contribution in [-0.2, 0) is 4.79 Å². The Hall–Kier alpha value is -4.58. The van der Waals surface area contributed by atoms with Gasteiger partial charge in [0.05, 0.1) is 11.1 Å². The third-order valence-electron chi connectivity index (χ3n) is 6.44. The average Bonchev–Trinajstić information content (AvgIpc) is 3.74. The molecular formula is C24H20N8O8. The number of nitrogens with one attached hydrogen (secondary N) is 1. The van der Waals surface area contributed by atoms with Crippen LogP contribution in [0.2, 0.25) is 0 Å². The van der Waals surface area contributed by atoms with Gasteiger partial charge in [-0.2, -0.15) is 0 Å². The zero-order chi connectivity index (χ0) is 28.3. The highest BCUT2D eigenvalue weighted by Gasteiger charge is 2.46. The molecule has 0 fully saturated rings. The number of amidine groups is 5. The van der Waals surface area contributed by atoms with Gasteiger partial charge in [0.1, 0.15) is 53.4 Å². The first-order chi connectivity index (χ1) is 19.1. The number of carbonyl (C=O) groups is 1. The fourth-order valence-corrected chi connectivity index (χ4v) is 4.36. The van der Waals surface area contributed by atoms with Crippen molar-refractivity contribution in [1.82, 2.24) is 4.98 Å². The Morgan fingerprint density at radius 2 is 1.07 bits per heavy atom. The number of Topliss-reactive ketones (excluding diaryl/α,β-unsaturated/α-hetero) is 1. The molecule has 0 amide bonds. The van der Waals surface area contributed by atoms with Crippen molar-refractivity contribution >= 4 is 35.0 Å². The van der Waals surface area contributed by atoms with Gasteiger partial charge in [0.25, 0.3) is 0 Å². The van der Waals surface area contributed by atoms with E-state index in [0.29, 0.717) is 11.0 Å². The maximum absolute atomic E-state index is 13.5. The summed E-state index contributed by atoms with van der Waals surface area (Å²) in [5.74, 6) is -2.69. The third-order valence-corrected chi connectivity index (χ3v) is 6.44. The average molecular weight is 548 g/mol. The molecule has 1 aromatic heterocycles. The van der Waals surface area contributed by atoms with Crippen LogP contribution >= 0.6 is 0 Å². The second-order valence-corrected chi connectivity index (χ2v) is 9.11. The number of ketones is 1. The first-order valence-electron chi connectivity index (χ1n) is 11.8. The monoisotopic (exact) mass is 548 g/mol. The van der Waals surface area contributed by atoms with Gasteiger partial charge in [-0.1, -0.05) is 0 Å². The number of nitrogens with zero attached hydrogens (tertiary/aromatic N) is 7. The van der Waals surface area contributed by atoms with E-state index in [0.717, 1.165) is 0 Å². The van der Waals surface area contributed by atoms with Crippen molar-refractivity contribution in [2.24, 2.45) is 34.9 Å². The maximum Gasteiger partial charge on any atom is 0.198 e. The number of aromatic amines is 1. The minimum Gasteiger partial charge on any atom is -0.509 e. The molecule has 0 spiro atoms. The summed E-state index contributed by atoms with van der Waals surface area (Å²) in [4.78, 5) is 46.4. The van der Waals surface area contributed by atoms with E-state index in [1.165, 1.54) is 24.3 Å². The molecule has 8 N–H and O–H groups in total. The second kappa shape index (κ2) is 9.56. The number of aromatic nitrogens is 1. The van der Waals surface area contributed by atoms with E-state index in [1.807, 2.05) is 0 Å². The molecule has 16 heteroatoms. The van der Waals surface area contributed by atoms with E-state index in [4.69, 9.17) is 0 Å². The summed E-state index contributed by atoms with van der Waals surface area (Å²) < 4.78 is 0. The molecule has 0 radical (unpaired) electrons. The Kier molecular flexibility index (Phi) is 6.14. The fraction of sp³-hybridized carbons (Fsp3) is 0.250. The fourth-order valence-electron chi connectivity index (χ4n) is 4.36. The van der Waals surface area contributed by atoms with Crippen LogP contribution in [-0.4, -0.2) is 112 Å². The van der Waals surface area contributed by atoms with Gasteiger partial charge in [0, 0.05) is 0 Å². The Bertz CT molecular complexity index is 1740. The maximum atomic E-state index is 13.5. The SMILES string of the molecule is O=C1C2=C3N=C4C=CC(=N4)N=c4ccc([nH]4)=NC4=NC(=NC(=N3)C2=C(O)C(O)C(O)C(O)C(O)C(O)C1O)C=C4. The topological polar surface area (TPSA) is 261 Å². The molecule has 16 nitrogen and oxygen atoms in total. The van der Waals surface area contributed by atoms with Crippen LogP contribution < -0.4 is 11.0 Å². The number of hydrogen-bond donors (Lipinski definition) is 8. The molecule has 4 aliphatic heterocycles. The van der Waals surface area contributed by atoms with Crippen LogP contribution in [0, 0.1) is 0 Å². The summed E-state index contributed by atoms with van der Waals surface area (Å²) in [6.07, 6.45) is -7.85. The third kappa shape index (κ3) is 4.30. The summed E-state index contributed by atoms with van der Waals surface area (Å²) in [5.41, 5.74) is -0.298. The molecule has 6 rings (SSSR count). The minimum absolute atomic E-state index is 0.0124. The zero-order valence-electron chi connectivity index (χ0n) is 20.1. The Morgan fingerprint density at radius 3 is 1.65 bits per heavy atom. The molecular weight excluding hydrogens is 528 g/mol. The highest BCUT2D eigenvalue weighted by Crippen LogP contribution is 2.35. The van der Waals surface area contributed by atoms with Crippen molar-refractivity contribution in [2.75, 3.05) is 0 Å². The van der Waals surface area contributed by atoms with Crippen molar-refractivity contribution in [3.63, 3.8) is 0 Å². The standard InChI is InChI=1S/C24H20N8O8/c33-15-13-14(16(34)18(36)20(38)22(40)21(39)19(37)17(15)35)24-31-12-6-4-10(29-12)27-8-2-1-7(25-8)26-9-3-5-11(28-9)30-23(13)32-24/h1-6,17-22,33,35-40H,(H,25,26,27,28,29,30,31,32). The highest BCUT2D eigenvalue weighted by molar-refractivity contribution is 6.24. The first-order valence-corrected chi connectivity index (χ1v) is 11.8. The molecule has 0 saturated carbocycles. The van der Waals surface area contributed by atoms with E-state index in [1.54, 1.807) is 12.1 Å². The van der Waals surface area contributed by atoms with E-state index in [2.05, 4.69) is 39.9 Å². The van der Waals surface area contributed by atoms with Crippen LogP contribution in [0.4, 0.5) is 0 Å². The molecule has 40 heavy (non-hydrogen) atoms. The molecule has 1 aliphatic carbocycles. The molecule has 8 bridgehead atoms. The van der Waals surface area contributed by atoms with Gasteiger partial charge in [-0.3, -0.25) is 4.79 Å². The normalized spacial score (nSPS) is 31.6. The molecule has 5 heterocycles. The lowest BCUT2D eigenvalue weighted by Crippen LogP contribution is -2.55. The van der Waals surface area contributed by atoms with Gasteiger partial charge in [-0.25, -0.2) is 34.9 Å². The van der Waals surface area contributed by atoms with Crippen LogP contribution in [0.5, 0.6) is 0 Å². The largest absolute Gasteiger partial charge is 0.509 e. The molecule has 6 unspecified atom stereocenters. The number of aliphatic hydroxyl groups is 7. The number of carbonyl (C=O) groups excluding carboxylic acids is 1. The van der Waals surface area contributed by atoms with E-state index < -0.39 is 71.0 Å². The van der Waals surface area contributed by atoms with Crippen LogP contribution in [0.1, 0.15) is 0 Å². The Morgan fingerprint density at radius 1 is 0.575 bits per heavy atom. The second-order valence-electron chi connectivity index (χ2n) is 9.11.